The van der Waals surface area contributed by atoms with Gasteiger partial charge in [0.15, 0.2) is 0 Å². The Hall–Kier alpha value is -3.76. The molecule has 0 radical (unpaired) electrons. The van der Waals surface area contributed by atoms with Gasteiger partial charge in [-0.25, -0.2) is 32.9 Å². The molecule has 0 bridgehead atoms. The van der Waals surface area contributed by atoms with E-state index in [1.165, 1.54) is 15.5 Å². The molecule has 46 heavy (non-hydrogen) atoms. The summed E-state index contributed by atoms with van der Waals surface area (Å²) in [6, 6.07) is -0.777. The molecule has 3 fully saturated rings. The minimum Gasteiger partial charge on any atom is -0.381 e. The quantitative estimate of drug-likeness (QED) is 0.350. The number of imidazole rings is 1. The van der Waals surface area contributed by atoms with Crippen LogP contribution < -0.4 is 10.6 Å². The van der Waals surface area contributed by atoms with Gasteiger partial charge < -0.3 is 15.4 Å². The van der Waals surface area contributed by atoms with Gasteiger partial charge in [-0.05, 0) is 44.9 Å². The van der Waals surface area contributed by atoms with Crippen molar-refractivity contribution in [2.24, 2.45) is 17.8 Å². The molecule has 3 aliphatic rings. The summed E-state index contributed by atoms with van der Waals surface area (Å²) in [4.78, 5) is 39.6. The maximum absolute atomic E-state index is 14.1. The third-order valence-corrected chi connectivity index (χ3v) is 9.36. The Morgan fingerprint density at radius 1 is 1.17 bits per heavy atom. The summed E-state index contributed by atoms with van der Waals surface area (Å²) in [5.74, 6) is -6.63. The summed E-state index contributed by atoms with van der Waals surface area (Å²) in [6.07, 6.45) is -1.20. The lowest BCUT2D eigenvalue weighted by molar-refractivity contribution is -0.183. The molecule has 6 rings (SSSR count). The monoisotopic (exact) mass is 653 g/mol. The molecule has 2 aliphatic heterocycles. The van der Waals surface area contributed by atoms with Crippen LogP contribution in [0, 0.1) is 17.8 Å². The Kier molecular flexibility index (Phi) is 8.95. The average molecular weight is 654 g/mol. The number of alkyl halides is 5. The van der Waals surface area contributed by atoms with Crippen LogP contribution >= 0.6 is 0 Å². The number of carbonyl (C=O) groups is 2. The third kappa shape index (κ3) is 6.83. The van der Waals surface area contributed by atoms with Crippen molar-refractivity contribution in [3.8, 4) is 0 Å². The molecule has 2 saturated heterocycles. The molecule has 0 spiro atoms. The number of carbonyl (C=O) groups excluding carboxylic acids is 2. The third-order valence-electron chi connectivity index (χ3n) is 9.36. The number of halogens is 5. The van der Waals surface area contributed by atoms with E-state index in [-0.39, 0.29) is 62.0 Å². The van der Waals surface area contributed by atoms with Gasteiger partial charge in [0.1, 0.15) is 6.33 Å². The number of amides is 2. The first-order valence-electron chi connectivity index (χ1n) is 15.7. The van der Waals surface area contributed by atoms with E-state index in [0.29, 0.717) is 49.7 Å². The maximum atomic E-state index is 14.1. The van der Waals surface area contributed by atoms with E-state index in [4.69, 9.17) is 14.8 Å². The molecule has 2 N–H and O–H groups in total. The highest BCUT2D eigenvalue weighted by molar-refractivity contribution is 5.90. The molecule has 17 heteroatoms. The van der Waals surface area contributed by atoms with Crippen molar-refractivity contribution in [1.82, 2.24) is 45.0 Å². The van der Waals surface area contributed by atoms with Crippen LogP contribution in [0.3, 0.4) is 0 Å². The number of piperidine rings is 1. The Morgan fingerprint density at radius 3 is 2.61 bits per heavy atom. The molecule has 2 amide bonds. The van der Waals surface area contributed by atoms with Crippen molar-refractivity contribution >= 4 is 17.6 Å². The first-order chi connectivity index (χ1) is 21.9. The summed E-state index contributed by atoms with van der Waals surface area (Å²) >= 11 is 0. The van der Waals surface area contributed by atoms with Crippen molar-refractivity contribution in [3.63, 3.8) is 0 Å². The normalized spacial score (nSPS) is 23.7. The van der Waals surface area contributed by atoms with Crippen molar-refractivity contribution in [3.05, 3.63) is 35.4 Å². The molecule has 0 aromatic carbocycles. The van der Waals surface area contributed by atoms with E-state index in [1.807, 2.05) is 0 Å². The second kappa shape index (κ2) is 12.8. The highest BCUT2D eigenvalue weighted by Crippen LogP contribution is 2.42. The summed E-state index contributed by atoms with van der Waals surface area (Å²) < 4.78 is 77.3. The van der Waals surface area contributed by atoms with Gasteiger partial charge in [-0.1, -0.05) is 0 Å². The van der Waals surface area contributed by atoms with Crippen LogP contribution in [0.2, 0.25) is 0 Å². The van der Waals surface area contributed by atoms with E-state index >= 15 is 0 Å². The molecule has 250 valence electrons. The number of nitrogens with zero attached hydrogens (tertiary/aromatic N) is 7. The van der Waals surface area contributed by atoms with E-state index in [1.54, 1.807) is 13.1 Å². The molecular formula is C29H36F5N9O3. The minimum absolute atomic E-state index is 0.0495. The second-order valence-electron chi connectivity index (χ2n) is 12.4. The highest BCUT2D eigenvalue weighted by Gasteiger charge is 2.45. The van der Waals surface area contributed by atoms with Gasteiger partial charge in [0, 0.05) is 57.4 Å². The number of fused-ring (bicyclic) bond motifs is 1. The molecule has 0 unspecified atom stereocenters. The lowest BCUT2D eigenvalue weighted by atomic mass is 9.81. The van der Waals surface area contributed by atoms with Crippen LogP contribution in [0.1, 0.15) is 91.5 Å². The summed E-state index contributed by atoms with van der Waals surface area (Å²) in [7, 11) is 0. The topological polar surface area (TPSA) is 141 Å². The van der Waals surface area contributed by atoms with Crippen molar-refractivity contribution in [2.75, 3.05) is 19.8 Å². The zero-order valence-corrected chi connectivity index (χ0v) is 25.3. The largest absolute Gasteiger partial charge is 0.393 e. The molecule has 3 aromatic heterocycles. The van der Waals surface area contributed by atoms with Gasteiger partial charge in [0.25, 0.3) is 11.7 Å². The first kappa shape index (κ1) is 32.2. The number of aryl methyl sites for hydroxylation is 1. The Bertz CT molecular complexity index is 1560. The molecule has 12 nitrogen and oxygen atoms in total. The van der Waals surface area contributed by atoms with Crippen LogP contribution in [0.25, 0.3) is 5.78 Å². The van der Waals surface area contributed by atoms with Crippen LogP contribution in [0.5, 0.6) is 0 Å². The van der Waals surface area contributed by atoms with E-state index in [2.05, 4.69) is 25.7 Å². The molecule has 5 heterocycles. The number of hydrogen-bond acceptors (Lipinski definition) is 8. The molecule has 3 aromatic rings. The Balaban J connectivity index is 1.35. The fourth-order valence-electron chi connectivity index (χ4n) is 6.74. The highest BCUT2D eigenvalue weighted by atomic mass is 19.4. The zero-order valence-electron chi connectivity index (χ0n) is 25.3. The smallest absolute Gasteiger partial charge is 0.381 e. The first-order valence-corrected chi connectivity index (χ1v) is 15.7. The molecular weight excluding hydrogens is 617 g/mol. The van der Waals surface area contributed by atoms with Gasteiger partial charge >= 0.3 is 6.18 Å². The fraction of sp³-hybridized carbons (Fsp3) is 0.690. The van der Waals surface area contributed by atoms with Crippen LogP contribution in [-0.4, -0.2) is 78.0 Å². The zero-order chi connectivity index (χ0) is 32.6. The van der Waals surface area contributed by atoms with Crippen LogP contribution in [0.15, 0.2) is 12.5 Å². The maximum Gasteiger partial charge on any atom is 0.393 e. The number of rotatable bonds is 8. The summed E-state index contributed by atoms with van der Waals surface area (Å²) in [6.45, 7) is 2.68. The Labute approximate surface area is 260 Å². The van der Waals surface area contributed by atoms with Gasteiger partial charge in [-0.15, -0.1) is 0 Å². The van der Waals surface area contributed by atoms with Gasteiger partial charge in [0.05, 0.1) is 35.2 Å². The van der Waals surface area contributed by atoms with Crippen molar-refractivity contribution in [2.45, 2.75) is 88.9 Å². The fourth-order valence-corrected chi connectivity index (χ4v) is 6.74. The predicted molar refractivity (Wildman–Crippen MR) is 151 cm³/mol. The van der Waals surface area contributed by atoms with Crippen molar-refractivity contribution in [1.29, 1.82) is 0 Å². The molecule has 3 atom stereocenters. The second-order valence-corrected chi connectivity index (χ2v) is 12.4. The lowest BCUT2D eigenvalue weighted by Gasteiger charge is -2.33. The van der Waals surface area contributed by atoms with Gasteiger partial charge in [0.2, 0.25) is 17.7 Å². The number of hydrogen-bond donors (Lipinski definition) is 2. The number of ether oxygens (including phenoxy) is 1. The summed E-state index contributed by atoms with van der Waals surface area (Å²) in [5.41, 5.74) is 1.29. The van der Waals surface area contributed by atoms with Crippen LogP contribution in [-0.2, 0) is 22.5 Å². The lowest BCUT2D eigenvalue weighted by Crippen LogP contribution is -2.47. The van der Waals surface area contributed by atoms with Crippen molar-refractivity contribution < 1.29 is 36.3 Å². The SMILES string of the molecule is CCn1ncnc1C(=O)N[C@H](c1cn2nc(C[C@H]3C[C@@H](C(F)(F)F)CNC3=O)c(C3CCOCC3)nc2n1)C1CCC(F)(F)CC1. The van der Waals surface area contributed by atoms with E-state index in [0.717, 1.165) is 0 Å². The number of nitrogens with one attached hydrogen (secondary N) is 2. The van der Waals surface area contributed by atoms with Gasteiger partial charge in [-0.2, -0.15) is 23.4 Å². The van der Waals surface area contributed by atoms with E-state index in [9.17, 15) is 31.5 Å². The van der Waals surface area contributed by atoms with Crippen LogP contribution in [0.4, 0.5) is 22.0 Å². The van der Waals surface area contributed by atoms with Gasteiger partial charge in [-0.3, -0.25) is 9.59 Å². The molecule has 1 aliphatic carbocycles. The standard InChI is InChI=1S/C29H36F5N9O3/c1-2-42-24(36-15-37-42)26(45)39-23(16-3-7-28(30,31)8-4-16)21-14-43-27(38-21)40-22(17-5-9-46-10-6-17)20(41-43)12-18-11-19(29(32,33)34)13-35-25(18)44/h14-19,23H,2-13H2,1H3,(H,35,44)(H,39,45)/t18-,19-,23+/m1/s1. The average Bonchev–Trinajstić information content (AvgIpc) is 3.67. The predicted octanol–water partition coefficient (Wildman–Crippen LogP) is 3.78. The minimum atomic E-state index is -4.45. The molecule has 1 saturated carbocycles. The Morgan fingerprint density at radius 2 is 1.91 bits per heavy atom. The van der Waals surface area contributed by atoms with E-state index < -0.39 is 48.3 Å². The number of aromatic nitrogens is 7. The summed E-state index contributed by atoms with van der Waals surface area (Å²) in [5, 5.41) is 14.1.